The largest absolute Gasteiger partial charge is 0.494 e. The minimum absolute atomic E-state index is 0.269. The summed E-state index contributed by atoms with van der Waals surface area (Å²) < 4.78 is 5.45. The third-order valence-corrected chi connectivity index (χ3v) is 3.58. The molecular formula is C14H17NOS. The average Bonchev–Trinajstić information content (AvgIpc) is 2.86. The van der Waals surface area contributed by atoms with E-state index < -0.39 is 0 Å². The fourth-order valence-corrected chi connectivity index (χ4v) is 2.71. The SMILES string of the molecule is CCOc1ccc(C(NC)c2cccs2)cc1. The number of hydrogen-bond donors (Lipinski definition) is 1. The molecule has 1 N–H and O–H groups in total. The van der Waals surface area contributed by atoms with Crippen molar-refractivity contribution in [2.45, 2.75) is 13.0 Å². The maximum atomic E-state index is 5.45. The first-order chi connectivity index (χ1) is 8.35. The van der Waals surface area contributed by atoms with Gasteiger partial charge in [0.15, 0.2) is 0 Å². The van der Waals surface area contributed by atoms with E-state index in [0.29, 0.717) is 6.61 Å². The molecule has 1 aromatic heterocycles. The number of rotatable bonds is 5. The minimum Gasteiger partial charge on any atom is -0.494 e. The fraction of sp³-hybridized carbons (Fsp3) is 0.286. The van der Waals surface area contributed by atoms with E-state index in [0.717, 1.165) is 5.75 Å². The van der Waals surface area contributed by atoms with Crippen molar-refractivity contribution < 1.29 is 4.74 Å². The van der Waals surface area contributed by atoms with Gasteiger partial charge in [-0.15, -0.1) is 11.3 Å². The van der Waals surface area contributed by atoms with Gasteiger partial charge in [-0.2, -0.15) is 0 Å². The standard InChI is InChI=1S/C14H17NOS/c1-3-16-12-8-6-11(7-9-12)14(15-2)13-5-4-10-17-13/h4-10,14-15H,3H2,1-2H3. The van der Waals surface area contributed by atoms with Crippen molar-refractivity contribution in [2.24, 2.45) is 0 Å². The second-order valence-electron chi connectivity index (χ2n) is 3.74. The molecule has 17 heavy (non-hydrogen) atoms. The highest BCUT2D eigenvalue weighted by Gasteiger charge is 2.12. The van der Waals surface area contributed by atoms with Crippen LogP contribution in [0.5, 0.6) is 5.75 Å². The Bertz CT molecular complexity index is 436. The third kappa shape index (κ3) is 2.87. The van der Waals surface area contributed by atoms with E-state index in [9.17, 15) is 0 Å². The zero-order valence-electron chi connectivity index (χ0n) is 10.1. The van der Waals surface area contributed by atoms with E-state index in [1.807, 2.05) is 26.1 Å². The Morgan fingerprint density at radius 1 is 1.24 bits per heavy atom. The average molecular weight is 247 g/mol. The number of ether oxygens (including phenoxy) is 1. The molecule has 0 aliphatic carbocycles. The Balaban J connectivity index is 2.20. The predicted molar refractivity (Wildman–Crippen MR) is 72.8 cm³/mol. The highest BCUT2D eigenvalue weighted by atomic mass is 32.1. The molecule has 1 heterocycles. The van der Waals surface area contributed by atoms with Crippen molar-refractivity contribution in [3.63, 3.8) is 0 Å². The molecule has 90 valence electrons. The van der Waals surface area contributed by atoms with Crippen molar-refractivity contribution in [1.82, 2.24) is 5.32 Å². The zero-order valence-corrected chi connectivity index (χ0v) is 11.0. The molecule has 1 unspecified atom stereocenters. The van der Waals surface area contributed by atoms with Crippen LogP contribution in [-0.2, 0) is 0 Å². The second-order valence-corrected chi connectivity index (χ2v) is 4.72. The van der Waals surface area contributed by atoms with Crippen LogP contribution in [0.15, 0.2) is 41.8 Å². The van der Waals surface area contributed by atoms with Crippen molar-refractivity contribution in [3.8, 4) is 5.75 Å². The van der Waals surface area contributed by atoms with Gasteiger partial charge in [-0.25, -0.2) is 0 Å². The molecule has 0 amide bonds. The second kappa shape index (κ2) is 5.84. The van der Waals surface area contributed by atoms with E-state index in [-0.39, 0.29) is 6.04 Å². The number of thiophene rings is 1. The van der Waals surface area contributed by atoms with E-state index in [2.05, 4.69) is 35.0 Å². The lowest BCUT2D eigenvalue weighted by atomic mass is 10.1. The number of hydrogen-bond acceptors (Lipinski definition) is 3. The molecule has 0 saturated carbocycles. The van der Waals surface area contributed by atoms with Crippen LogP contribution in [0.1, 0.15) is 23.4 Å². The summed E-state index contributed by atoms with van der Waals surface area (Å²) in [6, 6.07) is 12.8. The quantitative estimate of drug-likeness (QED) is 0.873. The molecule has 0 radical (unpaired) electrons. The van der Waals surface area contributed by atoms with Gasteiger partial charge in [0.25, 0.3) is 0 Å². The normalized spacial score (nSPS) is 12.4. The predicted octanol–water partition coefficient (Wildman–Crippen LogP) is 3.46. The maximum Gasteiger partial charge on any atom is 0.119 e. The summed E-state index contributed by atoms with van der Waals surface area (Å²) in [5.74, 6) is 0.928. The van der Waals surface area contributed by atoms with Crippen molar-refractivity contribution >= 4 is 11.3 Å². The van der Waals surface area contributed by atoms with Crippen LogP contribution in [0.2, 0.25) is 0 Å². The van der Waals surface area contributed by atoms with E-state index >= 15 is 0 Å². The van der Waals surface area contributed by atoms with Gasteiger partial charge >= 0.3 is 0 Å². The van der Waals surface area contributed by atoms with Crippen LogP contribution < -0.4 is 10.1 Å². The molecule has 0 spiro atoms. The molecular weight excluding hydrogens is 230 g/mol. The highest BCUT2D eigenvalue weighted by molar-refractivity contribution is 7.10. The van der Waals surface area contributed by atoms with Crippen LogP contribution in [0.25, 0.3) is 0 Å². The lowest BCUT2D eigenvalue weighted by Crippen LogP contribution is -2.16. The van der Waals surface area contributed by atoms with Gasteiger partial charge in [0.2, 0.25) is 0 Å². The van der Waals surface area contributed by atoms with Gasteiger partial charge in [-0.05, 0) is 43.1 Å². The molecule has 0 saturated heterocycles. The molecule has 2 aromatic rings. The van der Waals surface area contributed by atoms with Crippen LogP contribution in [0, 0.1) is 0 Å². The monoisotopic (exact) mass is 247 g/mol. The van der Waals surface area contributed by atoms with Gasteiger partial charge < -0.3 is 10.1 Å². The summed E-state index contributed by atoms with van der Waals surface area (Å²) in [7, 11) is 1.99. The lowest BCUT2D eigenvalue weighted by Gasteiger charge is -2.15. The molecule has 1 aromatic carbocycles. The van der Waals surface area contributed by atoms with E-state index in [1.165, 1.54) is 10.4 Å². The summed E-state index contributed by atoms with van der Waals surface area (Å²) in [6.45, 7) is 2.70. The smallest absolute Gasteiger partial charge is 0.119 e. The first-order valence-electron chi connectivity index (χ1n) is 5.78. The molecule has 0 aliphatic heterocycles. The maximum absolute atomic E-state index is 5.45. The highest BCUT2D eigenvalue weighted by Crippen LogP contribution is 2.26. The molecule has 0 fully saturated rings. The van der Waals surface area contributed by atoms with Crippen LogP contribution in [-0.4, -0.2) is 13.7 Å². The van der Waals surface area contributed by atoms with Crippen LogP contribution in [0.3, 0.4) is 0 Å². The third-order valence-electron chi connectivity index (χ3n) is 2.64. The first-order valence-corrected chi connectivity index (χ1v) is 6.66. The van der Waals surface area contributed by atoms with Crippen molar-refractivity contribution in [3.05, 3.63) is 52.2 Å². The van der Waals surface area contributed by atoms with E-state index in [1.54, 1.807) is 11.3 Å². The van der Waals surface area contributed by atoms with Crippen molar-refractivity contribution in [2.75, 3.05) is 13.7 Å². The van der Waals surface area contributed by atoms with Crippen LogP contribution in [0.4, 0.5) is 0 Å². The summed E-state index contributed by atoms with van der Waals surface area (Å²) in [5.41, 5.74) is 1.26. The Morgan fingerprint density at radius 2 is 2.00 bits per heavy atom. The number of nitrogens with one attached hydrogen (secondary N) is 1. The van der Waals surface area contributed by atoms with E-state index in [4.69, 9.17) is 4.74 Å². The number of benzene rings is 1. The molecule has 2 rings (SSSR count). The molecule has 1 atom stereocenters. The van der Waals surface area contributed by atoms with Gasteiger partial charge in [0, 0.05) is 4.88 Å². The fourth-order valence-electron chi connectivity index (χ4n) is 1.85. The molecule has 0 bridgehead atoms. The van der Waals surface area contributed by atoms with Gasteiger partial charge in [0.05, 0.1) is 12.6 Å². The van der Waals surface area contributed by atoms with Gasteiger partial charge in [0.1, 0.15) is 5.75 Å². The first kappa shape index (κ1) is 12.1. The van der Waals surface area contributed by atoms with Crippen molar-refractivity contribution in [1.29, 1.82) is 0 Å². The molecule has 2 nitrogen and oxygen atoms in total. The Kier molecular flexibility index (Phi) is 4.18. The summed E-state index contributed by atoms with van der Waals surface area (Å²) in [5, 5.41) is 5.45. The lowest BCUT2D eigenvalue weighted by molar-refractivity contribution is 0.340. The Labute approximate surface area is 106 Å². The summed E-state index contributed by atoms with van der Waals surface area (Å²) in [4.78, 5) is 1.33. The topological polar surface area (TPSA) is 21.3 Å². The Hall–Kier alpha value is -1.32. The van der Waals surface area contributed by atoms with Gasteiger partial charge in [-0.1, -0.05) is 18.2 Å². The molecule has 0 aliphatic rings. The van der Waals surface area contributed by atoms with Gasteiger partial charge in [-0.3, -0.25) is 0 Å². The Morgan fingerprint density at radius 3 is 2.53 bits per heavy atom. The minimum atomic E-state index is 0.269. The summed E-state index contributed by atoms with van der Waals surface area (Å²) >= 11 is 1.77. The summed E-state index contributed by atoms with van der Waals surface area (Å²) in [6.07, 6.45) is 0. The molecule has 3 heteroatoms. The zero-order chi connectivity index (χ0) is 12.1. The van der Waals surface area contributed by atoms with Crippen LogP contribution >= 0.6 is 11.3 Å².